The molecule has 1 aliphatic carbocycles. The topological polar surface area (TPSA) is 70.5 Å². The molecule has 0 saturated heterocycles. The SMILES string of the molecule is COCCOc1ccc(Cl)cc1CC1(N)CCC(N)CC1. The van der Waals surface area contributed by atoms with Crippen molar-refractivity contribution in [3.63, 3.8) is 0 Å². The highest BCUT2D eigenvalue weighted by atomic mass is 35.5. The third kappa shape index (κ3) is 4.85. The Hall–Kier alpha value is -0.810. The largest absolute Gasteiger partial charge is 0.491 e. The molecule has 1 aliphatic rings. The van der Waals surface area contributed by atoms with E-state index >= 15 is 0 Å². The zero-order valence-electron chi connectivity index (χ0n) is 12.6. The first-order valence-corrected chi connectivity index (χ1v) is 7.85. The highest BCUT2D eigenvalue weighted by Crippen LogP contribution is 2.33. The van der Waals surface area contributed by atoms with Gasteiger partial charge in [0, 0.05) is 23.7 Å². The number of rotatable bonds is 6. The molecule has 4 N–H and O–H groups in total. The molecule has 0 atom stereocenters. The summed E-state index contributed by atoms with van der Waals surface area (Å²) in [6.07, 6.45) is 4.62. The smallest absolute Gasteiger partial charge is 0.122 e. The van der Waals surface area contributed by atoms with Gasteiger partial charge in [-0.05, 0) is 55.9 Å². The first-order valence-electron chi connectivity index (χ1n) is 7.47. The first kappa shape index (κ1) is 16.6. The van der Waals surface area contributed by atoms with Crippen LogP contribution >= 0.6 is 11.6 Å². The van der Waals surface area contributed by atoms with Gasteiger partial charge in [-0.25, -0.2) is 0 Å². The average molecular weight is 313 g/mol. The molecule has 0 aromatic heterocycles. The molecule has 21 heavy (non-hydrogen) atoms. The Morgan fingerprint density at radius 2 is 2.00 bits per heavy atom. The summed E-state index contributed by atoms with van der Waals surface area (Å²) >= 11 is 6.12. The van der Waals surface area contributed by atoms with E-state index in [9.17, 15) is 0 Å². The predicted octanol–water partition coefficient (Wildman–Crippen LogP) is 2.51. The van der Waals surface area contributed by atoms with Crippen molar-refractivity contribution in [3.05, 3.63) is 28.8 Å². The lowest BCUT2D eigenvalue weighted by molar-refractivity contribution is 0.145. The van der Waals surface area contributed by atoms with Gasteiger partial charge >= 0.3 is 0 Å². The minimum atomic E-state index is -0.208. The zero-order chi connectivity index (χ0) is 15.3. The lowest BCUT2D eigenvalue weighted by atomic mass is 9.76. The number of nitrogens with two attached hydrogens (primary N) is 2. The Morgan fingerprint density at radius 3 is 2.67 bits per heavy atom. The van der Waals surface area contributed by atoms with Gasteiger partial charge in [0.15, 0.2) is 0 Å². The van der Waals surface area contributed by atoms with E-state index in [1.165, 1.54) is 0 Å². The molecule has 1 saturated carbocycles. The monoisotopic (exact) mass is 312 g/mol. The fraction of sp³-hybridized carbons (Fsp3) is 0.625. The number of halogens is 1. The summed E-state index contributed by atoms with van der Waals surface area (Å²) in [6, 6.07) is 5.99. The Balaban J connectivity index is 2.08. The Labute approximate surface area is 131 Å². The Kier molecular flexibility index (Phi) is 5.88. The zero-order valence-corrected chi connectivity index (χ0v) is 13.4. The maximum atomic E-state index is 6.55. The number of methoxy groups -OCH3 is 1. The van der Waals surface area contributed by atoms with E-state index in [1.54, 1.807) is 7.11 Å². The summed E-state index contributed by atoms with van der Waals surface area (Å²) < 4.78 is 10.8. The van der Waals surface area contributed by atoms with Crippen LogP contribution in [0.5, 0.6) is 5.75 Å². The maximum absolute atomic E-state index is 6.55. The van der Waals surface area contributed by atoms with Crippen LogP contribution in [-0.4, -0.2) is 31.9 Å². The van der Waals surface area contributed by atoms with E-state index in [-0.39, 0.29) is 5.54 Å². The molecule has 0 amide bonds. The van der Waals surface area contributed by atoms with Gasteiger partial charge in [0.1, 0.15) is 12.4 Å². The summed E-state index contributed by atoms with van der Waals surface area (Å²) in [4.78, 5) is 0. The van der Waals surface area contributed by atoms with Gasteiger partial charge in [-0.3, -0.25) is 0 Å². The van der Waals surface area contributed by atoms with Crippen LogP contribution in [0.1, 0.15) is 31.2 Å². The van der Waals surface area contributed by atoms with Crippen molar-refractivity contribution in [1.82, 2.24) is 0 Å². The second-order valence-corrected chi connectivity index (χ2v) is 6.41. The van der Waals surface area contributed by atoms with Crippen LogP contribution in [0.25, 0.3) is 0 Å². The van der Waals surface area contributed by atoms with Crippen LogP contribution in [0, 0.1) is 0 Å². The molecular weight excluding hydrogens is 288 g/mol. The molecule has 1 aromatic carbocycles. The molecule has 0 heterocycles. The second-order valence-electron chi connectivity index (χ2n) is 5.97. The normalized spacial score (nSPS) is 25.8. The van der Waals surface area contributed by atoms with Gasteiger partial charge in [0.2, 0.25) is 0 Å². The van der Waals surface area contributed by atoms with E-state index in [2.05, 4.69) is 0 Å². The average Bonchev–Trinajstić information content (AvgIpc) is 2.45. The van der Waals surface area contributed by atoms with E-state index < -0.39 is 0 Å². The standard InChI is InChI=1S/C16H25ClN2O2/c1-20-8-9-21-15-3-2-13(17)10-12(15)11-16(19)6-4-14(18)5-7-16/h2-3,10,14H,4-9,11,18-19H2,1H3. The van der Waals surface area contributed by atoms with Crippen molar-refractivity contribution in [1.29, 1.82) is 0 Å². The minimum Gasteiger partial charge on any atom is -0.491 e. The molecule has 118 valence electrons. The van der Waals surface area contributed by atoms with E-state index in [4.69, 9.17) is 32.5 Å². The van der Waals surface area contributed by atoms with Crippen molar-refractivity contribution in [3.8, 4) is 5.75 Å². The summed E-state index contributed by atoms with van der Waals surface area (Å²) in [7, 11) is 1.66. The number of hydrogen-bond donors (Lipinski definition) is 2. The fourth-order valence-corrected chi connectivity index (χ4v) is 3.03. The molecule has 2 rings (SSSR count). The molecule has 0 aliphatic heterocycles. The quantitative estimate of drug-likeness (QED) is 0.792. The molecule has 5 heteroatoms. The van der Waals surface area contributed by atoms with Gasteiger partial charge in [-0.1, -0.05) is 11.6 Å². The van der Waals surface area contributed by atoms with Gasteiger partial charge in [-0.2, -0.15) is 0 Å². The lowest BCUT2D eigenvalue weighted by Crippen LogP contribution is -2.47. The fourth-order valence-electron chi connectivity index (χ4n) is 2.83. The van der Waals surface area contributed by atoms with E-state index in [1.807, 2.05) is 18.2 Å². The summed E-state index contributed by atoms with van der Waals surface area (Å²) in [5.74, 6) is 0.844. The lowest BCUT2D eigenvalue weighted by Gasteiger charge is -2.36. The van der Waals surface area contributed by atoms with Crippen molar-refractivity contribution < 1.29 is 9.47 Å². The molecule has 0 spiro atoms. The van der Waals surface area contributed by atoms with Crippen molar-refractivity contribution in [2.24, 2.45) is 11.5 Å². The van der Waals surface area contributed by atoms with Crippen LogP contribution in [0.4, 0.5) is 0 Å². The maximum Gasteiger partial charge on any atom is 0.122 e. The summed E-state index contributed by atoms with van der Waals surface area (Å²) in [6.45, 7) is 1.08. The first-order chi connectivity index (χ1) is 10.0. The highest BCUT2D eigenvalue weighted by Gasteiger charge is 2.31. The molecule has 1 aromatic rings. The van der Waals surface area contributed by atoms with E-state index in [0.717, 1.165) is 43.4 Å². The summed E-state index contributed by atoms with van der Waals surface area (Å²) in [5.41, 5.74) is 13.4. The van der Waals surface area contributed by atoms with Gasteiger partial charge in [-0.15, -0.1) is 0 Å². The number of ether oxygens (including phenoxy) is 2. The van der Waals surface area contributed by atoms with Crippen molar-refractivity contribution in [2.45, 2.75) is 43.7 Å². The van der Waals surface area contributed by atoms with Crippen molar-refractivity contribution >= 4 is 11.6 Å². The van der Waals surface area contributed by atoms with Gasteiger partial charge in [0.05, 0.1) is 6.61 Å². The number of hydrogen-bond acceptors (Lipinski definition) is 4. The number of benzene rings is 1. The Morgan fingerprint density at radius 1 is 1.29 bits per heavy atom. The molecular formula is C16H25ClN2O2. The molecule has 0 radical (unpaired) electrons. The molecule has 0 unspecified atom stereocenters. The third-order valence-electron chi connectivity index (χ3n) is 4.14. The van der Waals surface area contributed by atoms with Gasteiger partial charge < -0.3 is 20.9 Å². The predicted molar refractivity (Wildman–Crippen MR) is 85.9 cm³/mol. The van der Waals surface area contributed by atoms with Crippen LogP contribution < -0.4 is 16.2 Å². The minimum absolute atomic E-state index is 0.208. The molecule has 0 bridgehead atoms. The van der Waals surface area contributed by atoms with Crippen molar-refractivity contribution in [2.75, 3.05) is 20.3 Å². The molecule has 1 fully saturated rings. The Bertz CT molecular complexity index is 460. The van der Waals surface area contributed by atoms with Gasteiger partial charge in [0.25, 0.3) is 0 Å². The third-order valence-corrected chi connectivity index (χ3v) is 4.37. The van der Waals surface area contributed by atoms with Crippen LogP contribution in [-0.2, 0) is 11.2 Å². The van der Waals surface area contributed by atoms with Crippen LogP contribution in [0.15, 0.2) is 18.2 Å². The van der Waals surface area contributed by atoms with E-state index in [0.29, 0.717) is 24.3 Å². The summed E-state index contributed by atoms with van der Waals surface area (Å²) in [5, 5.41) is 0.709. The van der Waals surface area contributed by atoms with Crippen LogP contribution in [0.3, 0.4) is 0 Å². The molecule has 4 nitrogen and oxygen atoms in total. The van der Waals surface area contributed by atoms with Crippen LogP contribution in [0.2, 0.25) is 5.02 Å². The second kappa shape index (κ2) is 7.45. The highest BCUT2D eigenvalue weighted by molar-refractivity contribution is 6.30.